The van der Waals surface area contributed by atoms with Crippen molar-refractivity contribution in [1.29, 1.82) is 0 Å². The third-order valence-corrected chi connectivity index (χ3v) is 19.6. The number of rotatable bonds is 73. The second kappa shape index (κ2) is 70.5. The molecular formula is C81H155NO10. The Labute approximate surface area is 569 Å². The van der Waals surface area contributed by atoms with Crippen LogP contribution in [0.25, 0.3) is 0 Å². The summed E-state index contributed by atoms with van der Waals surface area (Å²) in [5.41, 5.74) is 0. The first-order chi connectivity index (χ1) is 45.2. The van der Waals surface area contributed by atoms with Crippen LogP contribution >= 0.6 is 0 Å². The van der Waals surface area contributed by atoms with Crippen LogP contribution in [0.1, 0.15) is 418 Å². The fourth-order valence-electron chi connectivity index (χ4n) is 13.2. The predicted octanol–water partition coefficient (Wildman–Crippen LogP) is 21.9. The smallest absolute Gasteiger partial charge is 0.305 e. The highest BCUT2D eigenvalue weighted by atomic mass is 16.7. The number of carbonyl (C=O) groups excluding carboxylic acids is 2. The van der Waals surface area contributed by atoms with Crippen molar-refractivity contribution in [1.82, 2.24) is 5.32 Å². The van der Waals surface area contributed by atoms with Crippen LogP contribution in [0, 0.1) is 0 Å². The van der Waals surface area contributed by atoms with Gasteiger partial charge < -0.3 is 45.1 Å². The first kappa shape index (κ1) is 88.2. The van der Waals surface area contributed by atoms with E-state index in [1.54, 1.807) is 6.08 Å². The topological polar surface area (TPSA) is 175 Å². The van der Waals surface area contributed by atoms with Gasteiger partial charge in [-0.2, -0.15) is 0 Å². The zero-order chi connectivity index (χ0) is 66.5. The number of amides is 1. The summed E-state index contributed by atoms with van der Waals surface area (Å²) in [5.74, 6) is -0.163. The minimum Gasteiger partial charge on any atom is -0.466 e. The second-order valence-electron chi connectivity index (χ2n) is 28.5. The molecule has 0 aromatic carbocycles. The SMILES string of the molecule is CCCCCCCC/C=C\CCCCCCCC(=O)OCCCCCCCCCCCCCCCCCCCCCCCCCCCCCCCCCCCCCCCCCC(=O)NC(COC1OC(CO)C(O)C(O)C1O)C(O)/C=C/CCCCCCCCCC. The number of unbranched alkanes of at least 4 members (excludes halogenated alkanes) is 57. The maximum atomic E-state index is 13.0. The molecule has 1 rings (SSSR count). The zero-order valence-corrected chi connectivity index (χ0v) is 60.8. The molecule has 11 heteroatoms. The van der Waals surface area contributed by atoms with E-state index in [0.29, 0.717) is 19.4 Å². The number of allylic oxidation sites excluding steroid dienone is 3. The van der Waals surface area contributed by atoms with Crippen molar-refractivity contribution in [3.8, 4) is 0 Å². The molecule has 0 aliphatic carbocycles. The molecule has 0 radical (unpaired) electrons. The Morgan fingerprint density at radius 1 is 0.391 bits per heavy atom. The molecule has 1 fully saturated rings. The van der Waals surface area contributed by atoms with Crippen molar-refractivity contribution in [2.24, 2.45) is 0 Å². The molecule has 92 heavy (non-hydrogen) atoms. The monoisotopic (exact) mass is 1300 g/mol. The molecule has 0 aromatic rings. The molecule has 0 spiro atoms. The molecule has 7 unspecified atom stereocenters. The van der Waals surface area contributed by atoms with E-state index in [-0.39, 0.29) is 18.5 Å². The van der Waals surface area contributed by atoms with Gasteiger partial charge in [0.15, 0.2) is 6.29 Å². The zero-order valence-electron chi connectivity index (χ0n) is 60.8. The molecule has 1 aliphatic rings. The summed E-state index contributed by atoms with van der Waals surface area (Å²) in [6, 6.07) is -0.804. The van der Waals surface area contributed by atoms with Gasteiger partial charge in [0.05, 0.1) is 32.0 Å². The Kier molecular flexibility index (Phi) is 67.5. The van der Waals surface area contributed by atoms with Gasteiger partial charge in [-0.1, -0.05) is 372 Å². The van der Waals surface area contributed by atoms with Crippen LogP contribution in [0.5, 0.6) is 0 Å². The van der Waals surface area contributed by atoms with Crippen LogP contribution in [0.2, 0.25) is 0 Å². The summed E-state index contributed by atoms with van der Waals surface area (Å²) in [5, 5.41) is 54.4. The lowest BCUT2D eigenvalue weighted by molar-refractivity contribution is -0.302. The van der Waals surface area contributed by atoms with E-state index < -0.39 is 49.5 Å². The number of aliphatic hydroxyl groups is 5. The Balaban J connectivity index is 1.84. The minimum absolute atomic E-state index is 0.0112. The van der Waals surface area contributed by atoms with Crippen LogP contribution in [0.15, 0.2) is 24.3 Å². The van der Waals surface area contributed by atoms with Gasteiger partial charge in [0.1, 0.15) is 24.4 Å². The highest BCUT2D eigenvalue weighted by Crippen LogP contribution is 2.24. The Hall–Kier alpha value is -1.86. The summed E-state index contributed by atoms with van der Waals surface area (Å²) in [6.07, 6.45) is 80.9. The molecule has 1 aliphatic heterocycles. The van der Waals surface area contributed by atoms with Crippen molar-refractivity contribution < 1.29 is 49.3 Å². The van der Waals surface area contributed by atoms with Crippen molar-refractivity contribution in [3.63, 3.8) is 0 Å². The molecule has 1 heterocycles. The first-order valence-electron chi connectivity index (χ1n) is 40.6. The van der Waals surface area contributed by atoms with Crippen molar-refractivity contribution in [2.45, 2.75) is 461 Å². The van der Waals surface area contributed by atoms with Crippen molar-refractivity contribution >= 4 is 11.9 Å². The highest BCUT2D eigenvalue weighted by Gasteiger charge is 2.44. The Bertz CT molecular complexity index is 1580. The lowest BCUT2D eigenvalue weighted by atomic mass is 9.99. The lowest BCUT2D eigenvalue weighted by Crippen LogP contribution is -2.60. The number of hydrogen-bond acceptors (Lipinski definition) is 10. The Morgan fingerprint density at radius 2 is 0.696 bits per heavy atom. The molecule has 11 nitrogen and oxygen atoms in total. The fourth-order valence-corrected chi connectivity index (χ4v) is 13.2. The van der Waals surface area contributed by atoms with Gasteiger partial charge in [0.2, 0.25) is 5.91 Å². The third-order valence-electron chi connectivity index (χ3n) is 19.6. The van der Waals surface area contributed by atoms with E-state index in [9.17, 15) is 35.1 Å². The molecule has 6 N–H and O–H groups in total. The molecule has 0 saturated carbocycles. The van der Waals surface area contributed by atoms with Gasteiger partial charge in [-0.05, 0) is 57.8 Å². The van der Waals surface area contributed by atoms with Gasteiger partial charge in [-0.15, -0.1) is 0 Å². The molecule has 1 saturated heterocycles. The standard InChI is InChI=1S/C81H155NO10/c1-3-5-7-9-11-13-15-16-42-46-49-53-57-61-65-69-77(86)90-70-66-62-58-54-50-47-44-41-39-37-35-33-31-29-27-25-23-21-19-17-18-20-22-24-26-28-30-32-34-36-38-40-43-45-48-52-56-60-64-68-76(85)82-73(72-91-81-80(89)79(88)78(87)75(71-83)92-81)74(84)67-63-59-55-51-14-12-10-8-6-4-2/h16,42,63,67,73-75,78-81,83-84,87-89H,3-15,17-41,43-62,64-66,68-72H2,1-2H3,(H,82,85)/b42-16-,67-63+. The van der Waals surface area contributed by atoms with Crippen LogP contribution in [0.4, 0.5) is 0 Å². The average molecular weight is 1300 g/mol. The second-order valence-corrected chi connectivity index (χ2v) is 28.5. The number of hydrogen-bond donors (Lipinski definition) is 6. The van der Waals surface area contributed by atoms with Crippen LogP contribution in [-0.2, 0) is 23.8 Å². The molecular weight excluding hydrogens is 1150 g/mol. The summed E-state index contributed by atoms with van der Waals surface area (Å²) in [4.78, 5) is 25.1. The van der Waals surface area contributed by atoms with E-state index in [4.69, 9.17) is 14.2 Å². The van der Waals surface area contributed by atoms with Crippen LogP contribution in [0.3, 0.4) is 0 Å². The number of ether oxygens (including phenoxy) is 3. The summed E-state index contributed by atoms with van der Waals surface area (Å²) in [6.45, 7) is 4.37. The van der Waals surface area contributed by atoms with E-state index in [1.165, 1.54) is 334 Å². The Morgan fingerprint density at radius 3 is 1.04 bits per heavy atom. The first-order valence-corrected chi connectivity index (χ1v) is 40.6. The third kappa shape index (κ3) is 58.3. The van der Waals surface area contributed by atoms with Crippen LogP contribution < -0.4 is 5.32 Å². The van der Waals surface area contributed by atoms with E-state index >= 15 is 0 Å². The summed E-state index contributed by atoms with van der Waals surface area (Å²) >= 11 is 0. The lowest BCUT2D eigenvalue weighted by Gasteiger charge is -2.40. The number of carbonyl (C=O) groups is 2. The molecule has 7 atom stereocenters. The summed E-state index contributed by atoms with van der Waals surface area (Å²) < 4.78 is 16.8. The minimum atomic E-state index is -1.57. The largest absolute Gasteiger partial charge is 0.466 e. The number of nitrogens with one attached hydrogen (secondary N) is 1. The van der Waals surface area contributed by atoms with Gasteiger partial charge in [0, 0.05) is 12.8 Å². The summed E-state index contributed by atoms with van der Waals surface area (Å²) in [7, 11) is 0. The van der Waals surface area contributed by atoms with Gasteiger partial charge >= 0.3 is 5.97 Å². The number of esters is 1. The molecule has 1 amide bonds. The van der Waals surface area contributed by atoms with Crippen molar-refractivity contribution in [2.75, 3.05) is 19.8 Å². The fraction of sp³-hybridized carbons (Fsp3) is 0.926. The van der Waals surface area contributed by atoms with Gasteiger partial charge in [-0.25, -0.2) is 0 Å². The van der Waals surface area contributed by atoms with E-state index in [2.05, 4.69) is 31.3 Å². The maximum Gasteiger partial charge on any atom is 0.305 e. The van der Waals surface area contributed by atoms with E-state index in [1.807, 2.05) is 6.08 Å². The molecule has 0 bridgehead atoms. The highest BCUT2D eigenvalue weighted by molar-refractivity contribution is 5.76. The average Bonchev–Trinajstić information content (AvgIpc) is 1.08. The number of aliphatic hydroxyl groups excluding tert-OH is 5. The van der Waals surface area contributed by atoms with Crippen LogP contribution in [-0.4, -0.2) is 100 Å². The van der Waals surface area contributed by atoms with Gasteiger partial charge in [0.25, 0.3) is 0 Å². The predicted molar refractivity (Wildman–Crippen MR) is 389 cm³/mol. The maximum absolute atomic E-state index is 13.0. The normalized spacial score (nSPS) is 17.6. The quantitative estimate of drug-likeness (QED) is 0.0195. The van der Waals surface area contributed by atoms with E-state index in [0.717, 1.165) is 57.8 Å². The van der Waals surface area contributed by atoms with Gasteiger partial charge in [-0.3, -0.25) is 9.59 Å². The van der Waals surface area contributed by atoms with Crippen molar-refractivity contribution in [3.05, 3.63) is 24.3 Å². The molecule has 544 valence electrons. The molecule has 0 aromatic heterocycles.